The summed E-state index contributed by atoms with van der Waals surface area (Å²) in [7, 11) is 0. The first-order valence-electron chi connectivity index (χ1n) is 5.76. The van der Waals surface area contributed by atoms with E-state index in [4.69, 9.17) is 5.73 Å². The minimum absolute atomic E-state index is 0.0979. The smallest absolute Gasteiger partial charge is 0.255 e. The summed E-state index contributed by atoms with van der Waals surface area (Å²) in [5.41, 5.74) is 6.61. The number of carbonyl (C=O) groups is 1. The zero-order chi connectivity index (χ0) is 14.7. The summed E-state index contributed by atoms with van der Waals surface area (Å²) >= 11 is 3.01. The van der Waals surface area contributed by atoms with Gasteiger partial charge >= 0.3 is 0 Å². The van der Waals surface area contributed by atoms with Gasteiger partial charge in [-0.15, -0.1) is 0 Å². The monoisotopic (exact) mass is 340 g/mol. The second-order valence-corrected chi connectivity index (χ2v) is 4.95. The lowest BCUT2D eigenvalue weighted by Crippen LogP contribution is -2.14. The summed E-state index contributed by atoms with van der Waals surface area (Å²) in [5, 5.41) is 2.40. The zero-order valence-corrected chi connectivity index (χ0v) is 11.9. The summed E-state index contributed by atoms with van der Waals surface area (Å²) in [5.74, 6) is -2.05. The third-order valence-electron chi connectivity index (χ3n) is 2.70. The van der Waals surface area contributed by atoms with Crippen LogP contribution in [0, 0.1) is 11.6 Å². The van der Waals surface area contributed by atoms with Crippen molar-refractivity contribution in [2.24, 2.45) is 5.73 Å². The Morgan fingerprint density at radius 2 is 1.85 bits per heavy atom. The van der Waals surface area contributed by atoms with Gasteiger partial charge in [-0.05, 0) is 39.7 Å². The van der Waals surface area contributed by atoms with Crippen LogP contribution in [0.4, 0.5) is 14.5 Å². The molecule has 0 atom stereocenters. The van der Waals surface area contributed by atoms with Crippen molar-refractivity contribution in [3.05, 3.63) is 63.6 Å². The molecular formula is C14H11BrF2N2O. The van der Waals surface area contributed by atoms with Gasteiger partial charge < -0.3 is 11.1 Å². The van der Waals surface area contributed by atoms with E-state index in [1.165, 1.54) is 0 Å². The third-order valence-corrected chi connectivity index (χ3v) is 3.32. The second-order valence-electron chi connectivity index (χ2n) is 4.10. The number of benzene rings is 2. The van der Waals surface area contributed by atoms with Gasteiger partial charge in [-0.3, -0.25) is 4.79 Å². The van der Waals surface area contributed by atoms with E-state index in [0.717, 1.165) is 11.6 Å². The standard InChI is InChI=1S/C14H11BrF2N2O/c15-11-5-10(16)6-12(17)13(11)19-14(20)9-3-1-8(7-18)2-4-9/h1-6H,7,18H2,(H,19,20). The molecule has 2 aromatic carbocycles. The predicted molar refractivity (Wildman–Crippen MR) is 76.3 cm³/mol. The molecule has 0 heterocycles. The largest absolute Gasteiger partial charge is 0.326 e. The first kappa shape index (κ1) is 14.6. The van der Waals surface area contributed by atoms with Crippen molar-refractivity contribution < 1.29 is 13.6 Å². The number of nitrogens with two attached hydrogens (primary N) is 1. The van der Waals surface area contributed by atoms with Crippen LogP contribution in [-0.2, 0) is 6.54 Å². The number of amides is 1. The average molecular weight is 341 g/mol. The van der Waals surface area contributed by atoms with Crippen molar-refractivity contribution in [1.82, 2.24) is 0 Å². The highest BCUT2D eigenvalue weighted by Gasteiger charge is 2.13. The maximum Gasteiger partial charge on any atom is 0.255 e. The van der Waals surface area contributed by atoms with Gasteiger partial charge in [0.2, 0.25) is 0 Å². The van der Waals surface area contributed by atoms with Gasteiger partial charge in [0, 0.05) is 22.6 Å². The topological polar surface area (TPSA) is 55.1 Å². The van der Waals surface area contributed by atoms with Crippen LogP contribution >= 0.6 is 15.9 Å². The van der Waals surface area contributed by atoms with Crippen molar-refractivity contribution >= 4 is 27.5 Å². The molecule has 0 unspecified atom stereocenters. The molecule has 2 aromatic rings. The number of halogens is 3. The average Bonchev–Trinajstić information content (AvgIpc) is 2.42. The van der Waals surface area contributed by atoms with E-state index in [1.807, 2.05) is 0 Å². The molecule has 0 radical (unpaired) electrons. The van der Waals surface area contributed by atoms with Crippen molar-refractivity contribution in [3.63, 3.8) is 0 Å². The van der Waals surface area contributed by atoms with Crippen molar-refractivity contribution in [1.29, 1.82) is 0 Å². The van der Waals surface area contributed by atoms with Crippen LogP contribution in [0.3, 0.4) is 0 Å². The van der Waals surface area contributed by atoms with E-state index >= 15 is 0 Å². The molecule has 0 saturated carbocycles. The summed E-state index contributed by atoms with van der Waals surface area (Å²) in [6, 6.07) is 8.39. The number of nitrogens with one attached hydrogen (secondary N) is 1. The Balaban J connectivity index is 2.23. The molecule has 0 spiro atoms. The summed E-state index contributed by atoms with van der Waals surface area (Å²) in [4.78, 5) is 12.0. The van der Waals surface area contributed by atoms with Gasteiger partial charge in [-0.25, -0.2) is 8.78 Å². The molecule has 104 valence electrons. The molecule has 0 aliphatic heterocycles. The normalized spacial score (nSPS) is 10.4. The maximum absolute atomic E-state index is 13.6. The molecule has 3 N–H and O–H groups in total. The molecule has 0 fully saturated rings. The van der Waals surface area contributed by atoms with Crippen LogP contribution in [0.2, 0.25) is 0 Å². The van der Waals surface area contributed by atoms with Gasteiger partial charge in [0.15, 0.2) is 5.82 Å². The highest BCUT2D eigenvalue weighted by Crippen LogP contribution is 2.27. The van der Waals surface area contributed by atoms with Gasteiger partial charge in [0.1, 0.15) is 5.82 Å². The second kappa shape index (κ2) is 6.11. The molecule has 0 aromatic heterocycles. The Bertz CT molecular complexity index is 621. The van der Waals surface area contributed by atoms with Crippen LogP contribution in [-0.4, -0.2) is 5.91 Å². The van der Waals surface area contributed by atoms with Crippen LogP contribution in [0.1, 0.15) is 15.9 Å². The zero-order valence-electron chi connectivity index (χ0n) is 10.3. The summed E-state index contributed by atoms with van der Waals surface area (Å²) in [6.45, 7) is 0.375. The van der Waals surface area contributed by atoms with Crippen LogP contribution in [0.5, 0.6) is 0 Å². The number of hydrogen-bond acceptors (Lipinski definition) is 2. The third kappa shape index (κ3) is 3.20. The number of rotatable bonds is 3. The Morgan fingerprint density at radius 1 is 1.20 bits per heavy atom. The van der Waals surface area contributed by atoms with Crippen molar-refractivity contribution in [3.8, 4) is 0 Å². The fourth-order valence-corrected chi connectivity index (χ4v) is 2.15. The van der Waals surface area contributed by atoms with Gasteiger partial charge in [0.25, 0.3) is 5.91 Å². The molecule has 1 amide bonds. The Hall–Kier alpha value is -1.79. The molecule has 6 heteroatoms. The fourth-order valence-electron chi connectivity index (χ4n) is 1.64. The number of carbonyl (C=O) groups excluding carboxylic acids is 1. The molecule has 3 nitrogen and oxygen atoms in total. The molecule has 0 saturated heterocycles. The summed E-state index contributed by atoms with van der Waals surface area (Å²) < 4.78 is 26.7. The highest BCUT2D eigenvalue weighted by atomic mass is 79.9. The molecule has 20 heavy (non-hydrogen) atoms. The minimum atomic E-state index is -0.844. The molecule has 0 bridgehead atoms. The van der Waals surface area contributed by atoms with Crippen LogP contribution in [0.25, 0.3) is 0 Å². The summed E-state index contributed by atoms with van der Waals surface area (Å²) in [6.07, 6.45) is 0. The van der Waals surface area contributed by atoms with Gasteiger partial charge in [0.05, 0.1) is 5.69 Å². The van der Waals surface area contributed by atoms with E-state index in [9.17, 15) is 13.6 Å². The number of hydrogen-bond donors (Lipinski definition) is 2. The fraction of sp³-hybridized carbons (Fsp3) is 0.0714. The lowest BCUT2D eigenvalue weighted by Gasteiger charge is -2.09. The Labute approximate surface area is 122 Å². The molecule has 0 aliphatic rings. The quantitative estimate of drug-likeness (QED) is 0.899. The lowest BCUT2D eigenvalue weighted by atomic mass is 10.1. The van der Waals surface area contributed by atoms with E-state index in [0.29, 0.717) is 18.2 Å². The first-order valence-corrected chi connectivity index (χ1v) is 6.55. The van der Waals surface area contributed by atoms with Gasteiger partial charge in [-0.1, -0.05) is 12.1 Å². The maximum atomic E-state index is 13.6. The minimum Gasteiger partial charge on any atom is -0.326 e. The van der Waals surface area contributed by atoms with E-state index in [-0.39, 0.29) is 10.2 Å². The van der Waals surface area contributed by atoms with Gasteiger partial charge in [-0.2, -0.15) is 0 Å². The first-order chi connectivity index (χ1) is 9.51. The van der Waals surface area contributed by atoms with Crippen LogP contribution < -0.4 is 11.1 Å². The molecule has 0 aliphatic carbocycles. The Kier molecular flexibility index (Phi) is 4.46. The Morgan fingerprint density at radius 3 is 2.40 bits per heavy atom. The van der Waals surface area contributed by atoms with E-state index in [2.05, 4.69) is 21.2 Å². The van der Waals surface area contributed by atoms with E-state index in [1.54, 1.807) is 24.3 Å². The van der Waals surface area contributed by atoms with Crippen LogP contribution in [0.15, 0.2) is 40.9 Å². The number of anilines is 1. The highest BCUT2D eigenvalue weighted by molar-refractivity contribution is 9.10. The predicted octanol–water partition coefficient (Wildman–Crippen LogP) is 3.44. The lowest BCUT2D eigenvalue weighted by molar-refractivity contribution is 0.102. The van der Waals surface area contributed by atoms with Crippen molar-refractivity contribution in [2.45, 2.75) is 6.54 Å². The molecule has 2 rings (SSSR count). The van der Waals surface area contributed by atoms with Crippen molar-refractivity contribution in [2.75, 3.05) is 5.32 Å². The molecular weight excluding hydrogens is 330 g/mol. The SMILES string of the molecule is NCc1ccc(C(=O)Nc2c(F)cc(F)cc2Br)cc1. The van der Waals surface area contributed by atoms with E-state index < -0.39 is 17.5 Å².